The van der Waals surface area contributed by atoms with Gasteiger partial charge in [-0.1, -0.05) is 0 Å². The molecule has 5 heteroatoms. The number of rotatable bonds is 4. The monoisotopic (exact) mass is 223 g/mol. The van der Waals surface area contributed by atoms with Gasteiger partial charge in [0.1, 0.15) is 0 Å². The normalized spacial score (nSPS) is 12.9. The minimum Gasteiger partial charge on any atom is -0.372 e. The number of hydrogen-bond acceptors (Lipinski definition) is 2. The quantitative estimate of drug-likeness (QED) is 0.683. The van der Waals surface area contributed by atoms with Crippen LogP contribution in [0.5, 0.6) is 0 Å². The van der Waals surface area contributed by atoms with Crippen LogP contribution in [0.15, 0.2) is 12.3 Å². The van der Waals surface area contributed by atoms with Crippen LogP contribution in [-0.2, 0) is 4.79 Å². The SMILES string of the molecule is CC(C)N(/C=C/C(=O)C(F)(F)F)C(C)C. The summed E-state index contributed by atoms with van der Waals surface area (Å²) < 4.78 is 35.6. The summed E-state index contributed by atoms with van der Waals surface area (Å²) in [5, 5.41) is 0. The van der Waals surface area contributed by atoms with Gasteiger partial charge in [-0.3, -0.25) is 4.79 Å². The molecule has 0 aliphatic rings. The summed E-state index contributed by atoms with van der Waals surface area (Å²) in [6.07, 6.45) is -3.01. The van der Waals surface area contributed by atoms with Gasteiger partial charge in [0.2, 0.25) is 0 Å². The van der Waals surface area contributed by atoms with Crippen molar-refractivity contribution in [3.8, 4) is 0 Å². The molecule has 0 spiro atoms. The fourth-order valence-corrected chi connectivity index (χ4v) is 1.19. The second-order valence-corrected chi connectivity index (χ2v) is 3.81. The van der Waals surface area contributed by atoms with Crippen LogP contribution in [0.3, 0.4) is 0 Å². The Morgan fingerprint density at radius 2 is 1.53 bits per heavy atom. The largest absolute Gasteiger partial charge is 0.454 e. The van der Waals surface area contributed by atoms with E-state index in [4.69, 9.17) is 0 Å². The average molecular weight is 223 g/mol. The van der Waals surface area contributed by atoms with E-state index in [1.54, 1.807) is 4.90 Å². The fraction of sp³-hybridized carbons (Fsp3) is 0.700. The Labute approximate surface area is 87.8 Å². The minimum atomic E-state index is -4.78. The van der Waals surface area contributed by atoms with E-state index < -0.39 is 12.0 Å². The maximum Gasteiger partial charge on any atom is 0.454 e. The Kier molecular flexibility index (Phi) is 4.84. The summed E-state index contributed by atoms with van der Waals surface area (Å²) in [6, 6.07) is 0.115. The molecule has 0 fully saturated rings. The summed E-state index contributed by atoms with van der Waals surface area (Å²) in [7, 11) is 0. The first-order valence-electron chi connectivity index (χ1n) is 4.73. The average Bonchev–Trinajstić information content (AvgIpc) is 2.00. The number of ketones is 1. The summed E-state index contributed by atoms with van der Waals surface area (Å²) in [6.45, 7) is 7.40. The Hall–Kier alpha value is -1.00. The highest BCUT2D eigenvalue weighted by Crippen LogP contribution is 2.17. The molecule has 0 aliphatic heterocycles. The van der Waals surface area contributed by atoms with Crippen LogP contribution in [-0.4, -0.2) is 28.9 Å². The number of carbonyl (C=O) groups is 1. The van der Waals surface area contributed by atoms with E-state index in [-0.39, 0.29) is 12.1 Å². The lowest BCUT2D eigenvalue weighted by molar-refractivity contribution is -0.165. The molecule has 0 atom stereocenters. The van der Waals surface area contributed by atoms with Crippen LogP contribution in [0.1, 0.15) is 27.7 Å². The third kappa shape index (κ3) is 4.85. The van der Waals surface area contributed by atoms with Crippen molar-refractivity contribution >= 4 is 5.78 Å². The van der Waals surface area contributed by atoms with Gasteiger partial charge < -0.3 is 4.90 Å². The Balaban J connectivity index is 4.55. The molecule has 0 amide bonds. The van der Waals surface area contributed by atoms with Gasteiger partial charge >= 0.3 is 6.18 Å². The topological polar surface area (TPSA) is 20.3 Å². The molecule has 0 N–H and O–H groups in total. The highest BCUT2D eigenvalue weighted by atomic mass is 19.4. The first kappa shape index (κ1) is 14.0. The standard InChI is InChI=1S/C10H16F3NO/c1-7(2)14(8(3)4)6-5-9(15)10(11,12)13/h5-8H,1-4H3/b6-5+. The van der Waals surface area contributed by atoms with Crippen LogP contribution in [0.4, 0.5) is 13.2 Å². The van der Waals surface area contributed by atoms with Gasteiger partial charge in [-0.15, -0.1) is 0 Å². The van der Waals surface area contributed by atoms with Gasteiger partial charge in [-0.05, 0) is 27.7 Å². The second kappa shape index (κ2) is 5.19. The van der Waals surface area contributed by atoms with E-state index >= 15 is 0 Å². The second-order valence-electron chi connectivity index (χ2n) is 3.81. The zero-order valence-corrected chi connectivity index (χ0v) is 9.30. The van der Waals surface area contributed by atoms with Crippen LogP contribution >= 0.6 is 0 Å². The molecule has 0 heterocycles. The van der Waals surface area contributed by atoms with Crippen LogP contribution in [0, 0.1) is 0 Å². The molecule has 0 aromatic carbocycles. The number of halogens is 3. The lowest BCUT2D eigenvalue weighted by atomic mass is 10.2. The highest BCUT2D eigenvalue weighted by molar-refractivity contribution is 5.94. The molecule has 0 aliphatic carbocycles. The number of alkyl halides is 3. The van der Waals surface area contributed by atoms with Crippen molar-refractivity contribution in [2.24, 2.45) is 0 Å². The van der Waals surface area contributed by atoms with Crippen molar-refractivity contribution in [2.75, 3.05) is 0 Å². The highest BCUT2D eigenvalue weighted by Gasteiger charge is 2.36. The molecule has 0 radical (unpaired) electrons. The molecular weight excluding hydrogens is 207 g/mol. The maximum atomic E-state index is 11.9. The molecule has 0 rings (SSSR count). The third-order valence-corrected chi connectivity index (χ3v) is 1.87. The maximum absolute atomic E-state index is 11.9. The van der Waals surface area contributed by atoms with Gasteiger partial charge in [0.15, 0.2) is 0 Å². The molecule has 2 nitrogen and oxygen atoms in total. The van der Waals surface area contributed by atoms with Crippen molar-refractivity contribution < 1.29 is 18.0 Å². The smallest absolute Gasteiger partial charge is 0.372 e. The van der Waals surface area contributed by atoms with Crippen molar-refractivity contribution in [3.63, 3.8) is 0 Å². The third-order valence-electron chi connectivity index (χ3n) is 1.87. The first-order valence-corrected chi connectivity index (χ1v) is 4.73. The van der Waals surface area contributed by atoms with E-state index in [9.17, 15) is 18.0 Å². The van der Waals surface area contributed by atoms with Gasteiger partial charge in [0, 0.05) is 24.4 Å². The van der Waals surface area contributed by atoms with Crippen LogP contribution < -0.4 is 0 Å². The molecule has 0 bridgehead atoms. The predicted octanol–water partition coefficient (Wildman–Crippen LogP) is 2.75. The minimum absolute atomic E-state index is 0.0577. The van der Waals surface area contributed by atoms with Gasteiger partial charge in [-0.25, -0.2) is 0 Å². The van der Waals surface area contributed by atoms with Crippen molar-refractivity contribution in [1.29, 1.82) is 0 Å². The number of nitrogens with zero attached hydrogens (tertiary/aromatic N) is 1. The van der Waals surface area contributed by atoms with Crippen molar-refractivity contribution in [1.82, 2.24) is 4.90 Å². The van der Waals surface area contributed by atoms with Gasteiger partial charge in [-0.2, -0.15) is 13.2 Å². The predicted molar refractivity (Wildman–Crippen MR) is 52.3 cm³/mol. The molecule has 0 aromatic rings. The molecule has 88 valence electrons. The van der Waals surface area contributed by atoms with Crippen molar-refractivity contribution in [3.05, 3.63) is 12.3 Å². The molecule has 0 aromatic heterocycles. The molecule has 0 saturated carbocycles. The lowest BCUT2D eigenvalue weighted by Gasteiger charge is -2.29. The fourth-order valence-electron chi connectivity index (χ4n) is 1.19. The van der Waals surface area contributed by atoms with Crippen LogP contribution in [0.2, 0.25) is 0 Å². The summed E-state index contributed by atoms with van der Waals surface area (Å²) in [4.78, 5) is 12.3. The molecule has 0 unspecified atom stereocenters. The van der Waals surface area contributed by atoms with Gasteiger partial charge in [0.05, 0.1) is 0 Å². The summed E-state index contributed by atoms with van der Waals surface area (Å²) in [5.74, 6) is -1.83. The Bertz CT molecular complexity index is 236. The van der Waals surface area contributed by atoms with E-state index in [1.807, 2.05) is 27.7 Å². The summed E-state index contributed by atoms with van der Waals surface area (Å²) >= 11 is 0. The van der Waals surface area contributed by atoms with Crippen molar-refractivity contribution in [2.45, 2.75) is 46.0 Å². The number of allylic oxidation sites excluding steroid dienone is 1. The zero-order valence-electron chi connectivity index (χ0n) is 9.30. The van der Waals surface area contributed by atoms with Gasteiger partial charge in [0.25, 0.3) is 5.78 Å². The zero-order chi connectivity index (χ0) is 12.2. The van der Waals surface area contributed by atoms with Crippen LogP contribution in [0.25, 0.3) is 0 Å². The Morgan fingerprint density at radius 3 is 1.80 bits per heavy atom. The molecule has 15 heavy (non-hydrogen) atoms. The van der Waals surface area contributed by atoms with E-state index in [2.05, 4.69) is 0 Å². The Morgan fingerprint density at radius 1 is 1.13 bits per heavy atom. The molecule has 0 saturated heterocycles. The van der Waals surface area contributed by atoms with E-state index in [1.165, 1.54) is 6.20 Å². The number of hydrogen-bond donors (Lipinski definition) is 0. The summed E-state index contributed by atoms with van der Waals surface area (Å²) in [5.41, 5.74) is 0. The van der Waals surface area contributed by atoms with E-state index in [0.29, 0.717) is 6.08 Å². The lowest BCUT2D eigenvalue weighted by Crippen LogP contribution is -2.32. The number of carbonyl (C=O) groups excluding carboxylic acids is 1. The first-order chi connectivity index (χ1) is 6.66. The van der Waals surface area contributed by atoms with E-state index in [0.717, 1.165) is 0 Å². The molecular formula is C10H16F3NO.